The minimum Gasteiger partial charge on any atom is -0.480 e. The summed E-state index contributed by atoms with van der Waals surface area (Å²) >= 11 is 1.54. The minimum absolute atomic E-state index is 0.124. The molecule has 5 nitrogen and oxygen atoms in total. The molecule has 1 aromatic rings. The Labute approximate surface area is 130 Å². The molecule has 0 aliphatic heterocycles. The van der Waals surface area contributed by atoms with Gasteiger partial charge in [0.15, 0.2) is 5.16 Å². The molecule has 21 heavy (non-hydrogen) atoms. The van der Waals surface area contributed by atoms with Gasteiger partial charge in [-0.05, 0) is 46.1 Å². The summed E-state index contributed by atoms with van der Waals surface area (Å²) in [5, 5.41) is 13.6. The van der Waals surface area contributed by atoms with E-state index in [0.29, 0.717) is 12.5 Å². The van der Waals surface area contributed by atoms with E-state index in [1.54, 1.807) is 6.92 Å². The maximum atomic E-state index is 11.6. The fraction of sp³-hybridized carbons (Fsp3) is 0.667. The third kappa shape index (κ3) is 4.68. The first-order valence-corrected chi connectivity index (χ1v) is 8.16. The summed E-state index contributed by atoms with van der Waals surface area (Å²) in [5.74, 6) is -0.789. The van der Waals surface area contributed by atoms with E-state index in [1.165, 1.54) is 11.8 Å². The van der Waals surface area contributed by atoms with E-state index in [1.807, 2.05) is 26.8 Å². The van der Waals surface area contributed by atoms with Crippen molar-refractivity contribution in [1.82, 2.24) is 15.3 Å². The van der Waals surface area contributed by atoms with Crippen LogP contribution >= 0.6 is 11.8 Å². The van der Waals surface area contributed by atoms with Crippen LogP contribution in [0.3, 0.4) is 0 Å². The number of aliphatic carboxylic acids is 1. The van der Waals surface area contributed by atoms with E-state index in [-0.39, 0.29) is 5.25 Å². The molecule has 1 aromatic heterocycles. The molecular formula is C15H23N3O2S. The SMILES string of the molecule is Cc1cc(C)nc(SC(C)CC(C)(NC2CC2)C(=O)O)n1. The number of carboxylic acid groups (broad SMARTS) is 1. The van der Waals surface area contributed by atoms with Crippen molar-refractivity contribution in [3.8, 4) is 0 Å². The van der Waals surface area contributed by atoms with Crippen LogP contribution in [0, 0.1) is 13.8 Å². The van der Waals surface area contributed by atoms with Crippen LogP contribution < -0.4 is 5.32 Å². The number of nitrogens with one attached hydrogen (secondary N) is 1. The molecule has 2 unspecified atom stereocenters. The molecule has 1 saturated carbocycles. The number of carboxylic acids is 1. The highest BCUT2D eigenvalue weighted by molar-refractivity contribution is 7.99. The lowest BCUT2D eigenvalue weighted by atomic mass is 9.96. The molecule has 0 amide bonds. The Bertz CT molecular complexity index is 513. The summed E-state index contributed by atoms with van der Waals surface area (Å²) < 4.78 is 0. The van der Waals surface area contributed by atoms with Crippen molar-refractivity contribution in [2.24, 2.45) is 0 Å². The highest BCUT2D eigenvalue weighted by atomic mass is 32.2. The number of hydrogen-bond donors (Lipinski definition) is 2. The van der Waals surface area contributed by atoms with Crippen LogP contribution in [-0.2, 0) is 4.79 Å². The van der Waals surface area contributed by atoms with Crippen molar-refractivity contribution < 1.29 is 9.90 Å². The first kappa shape index (κ1) is 16.2. The molecule has 0 aromatic carbocycles. The van der Waals surface area contributed by atoms with Gasteiger partial charge in [-0.1, -0.05) is 18.7 Å². The van der Waals surface area contributed by atoms with Crippen molar-refractivity contribution >= 4 is 17.7 Å². The number of rotatable bonds is 7. The van der Waals surface area contributed by atoms with Crippen LogP contribution in [0.15, 0.2) is 11.2 Å². The van der Waals surface area contributed by atoms with Crippen molar-refractivity contribution in [3.63, 3.8) is 0 Å². The fourth-order valence-electron chi connectivity index (χ4n) is 2.43. The topological polar surface area (TPSA) is 75.1 Å². The van der Waals surface area contributed by atoms with Gasteiger partial charge in [-0.15, -0.1) is 0 Å². The van der Waals surface area contributed by atoms with Crippen molar-refractivity contribution in [2.75, 3.05) is 0 Å². The second-order valence-electron chi connectivity index (χ2n) is 6.12. The zero-order valence-electron chi connectivity index (χ0n) is 13.0. The average molecular weight is 309 g/mol. The number of aromatic nitrogens is 2. The van der Waals surface area contributed by atoms with E-state index in [0.717, 1.165) is 29.4 Å². The summed E-state index contributed by atoms with van der Waals surface area (Å²) in [4.78, 5) is 20.4. The maximum Gasteiger partial charge on any atom is 0.323 e. The average Bonchev–Trinajstić information content (AvgIpc) is 3.10. The van der Waals surface area contributed by atoms with Gasteiger partial charge in [-0.2, -0.15) is 0 Å². The minimum atomic E-state index is -0.882. The standard InChI is InChI=1S/C15H23N3O2S/c1-9-7-10(2)17-14(16-9)21-11(3)8-15(4,13(19)20)18-12-5-6-12/h7,11-12,18H,5-6,8H2,1-4H3,(H,19,20). The summed E-state index contributed by atoms with van der Waals surface area (Å²) in [6.07, 6.45) is 2.69. The third-order valence-electron chi connectivity index (χ3n) is 3.54. The van der Waals surface area contributed by atoms with E-state index < -0.39 is 11.5 Å². The largest absolute Gasteiger partial charge is 0.480 e. The highest BCUT2D eigenvalue weighted by Gasteiger charge is 2.39. The lowest BCUT2D eigenvalue weighted by molar-refractivity contribution is -0.144. The fourth-order valence-corrected chi connectivity index (χ4v) is 3.60. The van der Waals surface area contributed by atoms with Gasteiger partial charge in [-0.25, -0.2) is 9.97 Å². The van der Waals surface area contributed by atoms with Gasteiger partial charge >= 0.3 is 5.97 Å². The van der Waals surface area contributed by atoms with Gasteiger partial charge in [0.2, 0.25) is 0 Å². The molecule has 2 rings (SSSR count). The number of nitrogens with zero attached hydrogens (tertiary/aromatic N) is 2. The Hall–Kier alpha value is -1.14. The molecule has 0 bridgehead atoms. The molecule has 1 aliphatic rings. The summed E-state index contributed by atoms with van der Waals surface area (Å²) in [7, 11) is 0. The number of aryl methyl sites for hydroxylation is 2. The van der Waals surface area contributed by atoms with Crippen LogP contribution in [0.1, 0.15) is 44.5 Å². The first-order chi connectivity index (χ1) is 9.78. The summed E-state index contributed by atoms with van der Waals surface area (Å²) in [6, 6.07) is 2.30. The van der Waals surface area contributed by atoms with Gasteiger partial charge in [0, 0.05) is 22.7 Å². The summed E-state index contributed by atoms with van der Waals surface area (Å²) in [6.45, 7) is 7.69. The Balaban J connectivity index is 2.01. The van der Waals surface area contributed by atoms with Crippen molar-refractivity contribution in [2.45, 2.75) is 68.9 Å². The highest BCUT2D eigenvalue weighted by Crippen LogP contribution is 2.30. The quantitative estimate of drug-likeness (QED) is 0.595. The molecule has 0 saturated heterocycles. The van der Waals surface area contributed by atoms with Crippen LogP contribution in [-0.4, -0.2) is 37.9 Å². The van der Waals surface area contributed by atoms with E-state index in [2.05, 4.69) is 15.3 Å². The lowest BCUT2D eigenvalue weighted by Crippen LogP contribution is -2.52. The zero-order valence-corrected chi connectivity index (χ0v) is 13.8. The van der Waals surface area contributed by atoms with Gasteiger partial charge in [0.25, 0.3) is 0 Å². The monoisotopic (exact) mass is 309 g/mol. The number of thioether (sulfide) groups is 1. The van der Waals surface area contributed by atoms with Crippen LogP contribution in [0.2, 0.25) is 0 Å². The molecule has 2 atom stereocenters. The van der Waals surface area contributed by atoms with E-state index in [4.69, 9.17) is 0 Å². The second kappa shape index (κ2) is 6.32. The summed E-state index contributed by atoms with van der Waals surface area (Å²) in [5.41, 5.74) is 0.996. The predicted molar refractivity (Wildman–Crippen MR) is 83.6 cm³/mol. The molecular weight excluding hydrogens is 286 g/mol. The Morgan fingerprint density at radius 1 is 1.48 bits per heavy atom. The normalized spacial score (nSPS) is 19.0. The number of hydrogen-bond acceptors (Lipinski definition) is 5. The molecule has 0 spiro atoms. The van der Waals surface area contributed by atoms with E-state index in [9.17, 15) is 9.90 Å². The molecule has 2 N–H and O–H groups in total. The second-order valence-corrected chi connectivity index (χ2v) is 7.53. The van der Waals surface area contributed by atoms with Crippen molar-refractivity contribution in [1.29, 1.82) is 0 Å². The lowest BCUT2D eigenvalue weighted by Gasteiger charge is -2.29. The van der Waals surface area contributed by atoms with E-state index >= 15 is 0 Å². The van der Waals surface area contributed by atoms with Gasteiger partial charge in [-0.3, -0.25) is 10.1 Å². The van der Waals surface area contributed by atoms with Gasteiger partial charge in [0.1, 0.15) is 5.54 Å². The Morgan fingerprint density at radius 2 is 2.05 bits per heavy atom. The Kier molecular flexibility index (Phi) is 4.88. The van der Waals surface area contributed by atoms with Crippen LogP contribution in [0.4, 0.5) is 0 Å². The molecule has 1 fully saturated rings. The predicted octanol–water partition coefficient (Wildman–Crippen LogP) is 2.56. The van der Waals surface area contributed by atoms with Crippen molar-refractivity contribution in [3.05, 3.63) is 17.5 Å². The molecule has 1 heterocycles. The van der Waals surface area contributed by atoms with Crippen LogP contribution in [0.5, 0.6) is 0 Å². The smallest absolute Gasteiger partial charge is 0.323 e. The molecule has 1 aliphatic carbocycles. The molecule has 116 valence electrons. The van der Waals surface area contributed by atoms with Gasteiger partial charge in [0.05, 0.1) is 0 Å². The third-order valence-corrected chi connectivity index (χ3v) is 4.50. The maximum absolute atomic E-state index is 11.6. The molecule has 6 heteroatoms. The van der Waals surface area contributed by atoms with Crippen LogP contribution in [0.25, 0.3) is 0 Å². The zero-order chi connectivity index (χ0) is 15.6. The first-order valence-electron chi connectivity index (χ1n) is 7.28. The van der Waals surface area contributed by atoms with Gasteiger partial charge < -0.3 is 5.11 Å². The molecule has 0 radical (unpaired) electrons. The number of carbonyl (C=O) groups is 1. The Morgan fingerprint density at radius 3 is 2.52 bits per heavy atom.